The second-order valence-corrected chi connectivity index (χ2v) is 11.2. The summed E-state index contributed by atoms with van der Waals surface area (Å²) in [7, 11) is 0. The average molecular weight is 630 g/mol. The number of aromatic amines is 1. The second kappa shape index (κ2) is 12.0. The van der Waals surface area contributed by atoms with Crippen molar-refractivity contribution >= 4 is 44.1 Å². The maximum absolute atomic E-state index is 13.7. The van der Waals surface area contributed by atoms with Crippen LogP contribution in [0.3, 0.4) is 0 Å². The number of amides is 1. The molecule has 11 heteroatoms. The summed E-state index contributed by atoms with van der Waals surface area (Å²) in [6.45, 7) is 3.29. The Labute approximate surface area is 249 Å². The molecule has 1 amide bonds. The predicted molar refractivity (Wildman–Crippen MR) is 163 cm³/mol. The van der Waals surface area contributed by atoms with E-state index >= 15 is 0 Å². The number of hydrogen-bond acceptors (Lipinski definition) is 7. The number of hydrogen-bond donors (Lipinski definition) is 1. The first kappa shape index (κ1) is 28.0. The van der Waals surface area contributed by atoms with E-state index in [4.69, 9.17) is 9.84 Å². The van der Waals surface area contributed by atoms with Crippen molar-refractivity contribution < 1.29 is 14.5 Å². The van der Waals surface area contributed by atoms with Crippen LogP contribution in [0, 0.1) is 10.1 Å². The molecule has 214 valence electrons. The molecule has 0 radical (unpaired) electrons. The molecular formula is C31H28BrN5O5. The molecule has 0 unspecified atom stereocenters. The number of benzene rings is 3. The minimum Gasteiger partial charge on any atom is -0.379 e. The standard InChI is InChI=1S/C31H28BrN5O5/c32-22-9-10-25-24(18-22)29(20-5-2-1-3-6-20)30(31(39)33-25)26-19-27(21-7-4-8-23(17-21)37(40)41)36(34-26)28(38)11-12-35-13-15-42-16-14-35/h1-10,17-18,27H,11-16,19H2,(H,33,39)/t27-/m1/s1. The number of nitro groups is 1. The van der Waals surface area contributed by atoms with Gasteiger partial charge in [-0.05, 0) is 29.3 Å². The minimum atomic E-state index is -0.599. The molecule has 3 heterocycles. The summed E-state index contributed by atoms with van der Waals surface area (Å²) >= 11 is 3.56. The molecule has 1 aromatic heterocycles. The number of hydrazone groups is 1. The summed E-state index contributed by atoms with van der Waals surface area (Å²) in [5.74, 6) is -0.214. The largest absolute Gasteiger partial charge is 0.379 e. The fourth-order valence-electron chi connectivity index (χ4n) is 5.63. The van der Waals surface area contributed by atoms with E-state index in [0.717, 1.165) is 34.1 Å². The average Bonchev–Trinajstić information content (AvgIpc) is 3.46. The molecule has 0 bridgehead atoms. The number of carbonyl (C=O) groups is 1. The first-order valence-corrected chi connectivity index (χ1v) is 14.5. The van der Waals surface area contributed by atoms with Gasteiger partial charge < -0.3 is 9.72 Å². The van der Waals surface area contributed by atoms with E-state index in [1.807, 2.05) is 48.5 Å². The third-order valence-corrected chi connectivity index (χ3v) is 8.20. The number of nitrogens with zero attached hydrogens (tertiary/aromatic N) is 4. The van der Waals surface area contributed by atoms with Crippen LogP contribution in [0.1, 0.15) is 30.0 Å². The summed E-state index contributed by atoms with van der Waals surface area (Å²) in [6.07, 6.45) is 0.446. The van der Waals surface area contributed by atoms with Crippen LogP contribution in [-0.4, -0.2) is 64.3 Å². The maximum atomic E-state index is 13.7. The Hall–Kier alpha value is -4.19. The summed E-state index contributed by atoms with van der Waals surface area (Å²) in [6, 6.07) is 21.0. The van der Waals surface area contributed by atoms with Gasteiger partial charge in [-0.15, -0.1) is 0 Å². The summed E-state index contributed by atoms with van der Waals surface area (Å²) in [5.41, 5.74) is 3.27. The number of ether oxygens (including phenoxy) is 1. The van der Waals surface area contributed by atoms with Gasteiger partial charge in [0.1, 0.15) is 0 Å². The zero-order valence-corrected chi connectivity index (χ0v) is 24.2. The maximum Gasteiger partial charge on any atom is 0.269 e. The monoisotopic (exact) mass is 629 g/mol. The summed E-state index contributed by atoms with van der Waals surface area (Å²) in [5, 5.41) is 18.6. The minimum absolute atomic E-state index is 0.0694. The predicted octanol–water partition coefficient (Wildman–Crippen LogP) is 5.27. The molecule has 3 aromatic carbocycles. The van der Waals surface area contributed by atoms with Crippen LogP contribution in [0.25, 0.3) is 22.0 Å². The molecule has 0 aliphatic carbocycles. The van der Waals surface area contributed by atoms with Gasteiger partial charge in [0.05, 0.1) is 35.5 Å². The molecule has 0 saturated carbocycles. The van der Waals surface area contributed by atoms with Crippen molar-refractivity contribution in [3.8, 4) is 11.1 Å². The first-order valence-electron chi connectivity index (χ1n) is 13.7. The lowest BCUT2D eigenvalue weighted by Crippen LogP contribution is -2.39. The SMILES string of the molecule is O=C(CCN1CCOCC1)N1N=C(c2c(-c3ccccc3)c3cc(Br)ccc3[nH]c2=O)C[C@@H]1c1cccc([N+](=O)[O-])c1. The number of pyridine rings is 1. The zero-order chi connectivity index (χ0) is 29.2. The van der Waals surface area contributed by atoms with E-state index in [1.165, 1.54) is 17.1 Å². The topological polar surface area (TPSA) is 121 Å². The molecule has 1 N–H and O–H groups in total. The molecule has 2 aliphatic rings. The molecule has 4 aromatic rings. The lowest BCUT2D eigenvalue weighted by Gasteiger charge is -2.27. The molecule has 1 fully saturated rings. The number of halogens is 1. The van der Waals surface area contributed by atoms with Crippen molar-refractivity contribution in [2.45, 2.75) is 18.9 Å². The Morgan fingerprint density at radius 1 is 1.05 bits per heavy atom. The zero-order valence-electron chi connectivity index (χ0n) is 22.7. The molecule has 10 nitrogen and oxygen atoms in total. The number of morpholine rings is 1. The van der Waals surface area contributed by atoms with Gasteiger partial charge in [0.2, 0.25) is 5.91 Å². The van der Waals surface area contributed by atoms with Gasteiger partial charge in [0, 0.05) is 65.5 Å². The number of nitro benzene ring substituents is 1. The van der Waals surface area contributed by atoms with Gasteiger partial charge in [0.25, 0.3) is 11.2 Å². The lowest BCUT2D eigenvalue weighted by molar-refractivity contribution is -0.385. The molecule has 1 atom stereocenters. The number of carbonyl (C=O) groups excluding carboxylic acids is 1. The highest BCUT2D eigenvalue weighted by Crippen LogP contribution is 2.38. The normalized spacial score (nSPS) is 17.4. The van der Waals surface area contributed by atoms with Crippen LogP contribution in [0.2, 0.25) is 0 Å². The third kappa shape index (κ3) is 5.63. The Bertz CT molecular complexity index is 1750. The Balaban J connectivity index is 1.46. The van der Waals surface area contributed by atoms with E-state index in [2.05, 4.69) is 25.8 Å². The Morgan fingerprint density at radius 2 is 1.83 bits per heavy atom. The lowest BCUT2D eigenvalue weighted by atomic mass is 9.91. The van der Waals surface area contributed by atoms with Crippen molar-refractivity contribution in [1.29, 1.82) is 0 Å². The van der Waals surface area contributed by atoms with E-state index in [9.17, 15) is 19.7 Å². The van der Waals surface area contributed by atoms with Gasteiger partial charge in [-0.3, -0.25) is 24.6 Å². The molecular weight excluding hydrogens is 602 g/mol. The highest BCUT2D eigenvalue weighted by atomic mass is 79.9. The number of rotatable bonds is 7. The number of aromatic nitrogens is 1. The van der Waals surface area contributed by atoms with Gasteiger partial charge in [-0.25, -0.2) is 5.01 Å². The van der Waals surface area contributed by atoms with Crippen LogP contribution in [0.4, 0.5) is 5.69 Å². The first-order chi connectivity index (χ1) is 20.4. The van der Waals surface area contributed by atoms with Crippen LogP contribution in [0.5, 0.6) is 0 Å². The van der Waals surface area contributed by atoms with Gasteiger partial charge >= 0.3 is 0 Å². The number of H-pyrrole nitrogens is 1. The smallest absolute Gasteiger partial charge is 0.269 e. The highest BCUT2D eigenvalue weighted by molar-refractivity contribution is 9.10. The van der Waals surface area contributed by atoms with Crippen LogP contribution in [-0.2, 0) is 9.53 Å². The van der Waals surface area contributed by atoms with E-state index in [0.29, 0.717) is 42.1 Å². The number of non-ortho nitro benzene ring substituents is 1. The fraction of sp³-hybridized carbons (Fsp3) is 0.258. The van der Waals surface area contributed by atoms with Crippen LogP contribution >= 0.6 is 15.9 Å². The van der Waals surface area contributed by atoms with Crippen LogP contribution < -0.4 is 5.56 Å². The molecule has 2 aliphatic heterocycles. The van der Waals surface area contributed by atoms with Gasteiger partial charge in [-0.1, -0.05) is 58.4 Å². The van der Waals surface area contributed by atoms with Crippen molar-refractivity contribution in [1.82, 2.24) is 14.9 Å². The molecule has 0 spiro atoms. The van der Waals surface area contributed by atoms with E-state index in [-0.39, 0.29) is 30.0 Å². The van der Waals surface area contributed by atoms with Crippen molar-refractivity contribution in [2.24, 2.45) is 5.10 Å². The van der Waals surface area contributed by atoms with Gasteiger partial charge in [-0.2, -0.15) is 5.10 Å². The van der Waals surface area contributed by atoms with Crippen molar-refractivity contribution in [3.63, 3.8) is 0 Å². The highest BCUT2D eigenvalue weighted by Gasteiger charge is 2.36. The number of nitrogens with one attached hydrogen (secondary N) is 1. The van der Waals surface area contributed by atoms with Crippen molar-refractivity contribution in [3.05, 3.63) is 109 Å². The van der Waals surface area contributed by atoms with Gasteiger partial charge in [0.15, 0.2) is 0 Å². The molecule has 1 saturated heterocycles. The molecule has 6 rings (SSSR count). The second-order valence-electron chi connectivity index (χ2n) is 10.3. The Morgan fingerprint density at radius 3 is 2.60 bits per heavy atom. The summed E-state index contributed by atoms with van der Waals surface area (Å²) < 4.78 is 6.28. The third-order valence-electron chi connectivity index (χ3n) is 7.70. The fourth-order valence-corrected chi connectivity index (χ4v) is 6.00. The van der Waals surface area contributed by atoms with E-state index in [1.54, 1.807) is 12.1 Å². The van der Waals surface area contributed by atoms with E-state index < -0.39 is 11.0 Å². The molecule has 42 heavy (non-hydrogen) atoms. The Kier molecular flexibility index (Phi) is 7.96. The number of fused-ring (bicyclic) bond motifs is 1. The van der Waals surface area contributed by atoms with Crippen LogP contribution in [0.15, 0.2) is 87.2 Å². The quantitative estimate of drug-likeness (QED) is 0.220. The summed E-state index contributed by atoms with van der Waals surface area (Å²) in [4.78, 5) is 43.7. The van der Waals surface area contributed by atoms with Crippen molar-refractivity contribution in [2.75, 3.05) is 32.8 Å².